The number of alkyl halides is 5. The molecule has 33 heavy (non-hydrogen) atoms. The van der Waals surface area contributed by atoms with Gasteiger partial charge in [0.05, 0.1) is 28.8 Å². The molecule has 5 rings (SSSR count). The van der Waals surface area contributed by atoms with Gasteiger partial charge in [0.25, 0.3) is 12.3 Å². The van der Waals surface area contributed by atoms with Crippen LogP contribution in [-0.2, 0) is 19.6 Å². The van der Waals surface area contributed by atoms with E-state index >= 15 is 0 Å². The fourth-order valence-electron chi connectivity index (χ4n) is 4.01. The SMILES string of the molecule is Cn1nc(C(F)F)nc1C(=O)N1CCc2[nH]cnc2[C@@H]1c1cc2c(C(F)(F)F)cccn2n1. The number of H-pyrrole nitrogens is 1. The van der Waals surface area contributed by atoms with Gasteiger partial charge in [-0.15, -0.1) is 5.10 Å². The van der Waals surface area contributed by atoms with Crippen molar-refractivity contribution in [3.8, 4) is 0 Å². The maximum absolute atomic E-state index is 13.5. The maximum atomic E-state index is 13.5. The number of hydrogen-bond donors (Lipinski definition) is 1. The van der Waals surface area contributed by atoms with E-state index in [1.807, 2.05) is 0 Å². The molecule has 0 aromatic carbocycles. The molecule has 1 aliphatic rings. The number of amides is 1. The molecule has 9 nitrogen and oxygen atoms in total. The van der Waals surface area contributed by atoms with Crippen LogP contribution in [0.3, 0.4) is 0 Å². The summed E-state index contributed by atoms with van der Waals surface area (Å²) in [6.45, 7) is 0.134. The quantitative estimate of drug-likeness (QED) is 0.469. The smallest absolute Gasteiger partial charge is 0.348 e. The van der Waals surface area contributed by atoms with E-state index in [-0.39, 0.29) is 23.6 Å². The zero-order chi connectivity index (χ0) is 23.5. The van der Waals surface area contributed by atoms with Crippen LogP contribution in [0.25, 0.3) is 5.52 Å². The van der Waals surface area contributed by atoms with E-state index in [0.717, 1.165) is 15.3 Å². The normalized spacial score (nSPS) is 16.6. The van der Waals surface area contributed by atoms with Gasteiger partial charge in [-0.2, -0.15) is 18.3 Å². The maximum Gasteiger partial charge on any atom is 0.418 e. The number of aromatic nitrogens is 7. The molecule has 1 atom stereocenters. The largest absolute Gasteiger partial charge is 0.418 e. The van der Waals surface area contributed by atoms with Crippen LogP contribution in [0.4, 0.5) is 22.0 Å². The number of nitrogens with one attached hydrogen (secondary N) is 1. The van der Waals surface area contributed by atoms with E-state index in [1.54, 1.807) is 0 Å². The van der Waals surface area contributed by atoms with Gasteiger partial charge in [-0.1, -0.05) is 0 Å². The highest BCUT2D eigenvalue weighted by Crippen LogP contribution is 2.37. The van der Waals surface area contributed by atoms with Gasteiger partial charge in [0.1, 0.15) is 6.04 Å². The van der Waals surface area contributed by atoms with Crippen molar-refractivity contribution in [1.29, 1.82) is 0 Å². The van der Waals surface area contributed by atoms with Crippen LogP contribution in [-0.4, -0.2) is 51.7 Å². The minimum Gasteiger partial charge on any atom is -0.348 e. The first-order valence-electron chi connectivity index (χ1n) is 9.73. The van der Waals surface area contributed by atoms with E-state index in [2.05, 4.69) is 25.1 Å². The summed E-state index contributed by atoms with van der Waals surface area (Å²) in [5, 5.41) is 7.85. The van der Waals surface area contributed by atoms with E-state index in [1.165, 1.54) is 36.6 Å². The first kappa shape index (κ1) is 21.0. The molecule has 0 unspecified atom stereocenters. The number of rotatable bonds is 3. The highest BCUT2D eigenvalue weighted by atomic mass is 19.4. The first-order chi connectivity index (χ1) is 15.6. The van der Waals surface area contributed by atoms with Gasteiger partial charge in [-0.3, -0.25) is 4.79 Å². The number of fused-ring (bicyclic) bond motifs is 2. The number of nitrogens with zero attached hydrogens (tertiary/aromatic N) is 7. The lowest BCUT2D eigenvalue weighted by atomic mass is 9.99. The monoisotopic (exact) mass is 466 g/mol. The molecule has 1 amide bonds. The van der Waals surface area contributed by atoms with Crippen molar-refractivity contribution in [3.05, 3.63) is 65.0 Å². The van der Waals surface area contributed by atoms with Gasteiger partial charge in [-0.05, 0) is 18.2 Å². The van der Waals surface area contributed by atoms with E-state index < -0.39 is 35.9 Å². The molecule has 0 spiro atoms. The Hall–Kier alpha value is -3.84. The van der Waals surface area contributed by atoms with Crippen LogP contribution in [0.5, 0.6) is 0 Å². The predicted octanol–water partition coefficient (Wildman–Crippen LogP) is 2.93. The van der Waals surface area contributed by atoms with Crippen LogP contribution >= 0.6 is 0 Å². The minimum absolute atomic E-state index is 0.134. The molecule has 0 radical (unpaired) electrons. The molecule has 0 aliphatic carbocycles. The van der Waals surface area contributed by atoms with Crippen molar-refractivity contribution < 1.29 is 26.7 Å². The number of aryl methyl sites for hydroxylation is 1. The molecule has 1 aliphatic heterocycles. The van der Waals surface area contributed by atoms with Crippen molar-refractivity contribution in [2.45, 2.75) is 25.1 Å². The second-order valence-electron chi connectivity index (χ2n) is 7.45. The number of carbonyl (C=O) groups excluding carboxylic acids is 1. The number of hydrogen-bond acceptors (Lipinski definition) is 5. The molecule has 172 valence electrons. The summed E-state index contributed by atoms with van der Waals surface area (Å²) in [4.78, 5) is 25.5. The fraction of sp³-hybridized carbons (Fsp3) is 0.316. The Balaban J connectivity index is 1.63. The van der Waals surface area contributed by atoms with Crippen molar-refractivity contribution in [1.82, 2.24) is 39.2 Å². The van der Waals surface area contributed by atoms with Gasteiger partial charge < -0.3 is 9.88 Å². The van der Waals surface area contributed by atoms with Gasteiger partial charge in [0, 0.05) is 31.9 Å². The van der Waals surface area contributed by atoms with Crippen molar-refractivity contribution in [3.63, 3.8) is 0 Å². The second kappa shape index (κ2) is 7.35. The van der Waals surface area contributed by atoms with E-state index in [9.17, 15) is 26.7 Å². The Bertz CT molecular complexity index is 1350. The van der Waals surface area contributed by atoms with Gasteiger partial charge >= 0.3 is 6.18 Å². The summed E-state index contributed by atoms with van der Waals surface area (Å²) in [5.41, 5.74) is 0.179. The van der Waals surface area contributed by atoms with Crippen LogP contribution in [0.1, 0.15) is 51.6 Å². The highest BCUT2D eigenvalue weighted by Gasteiger charge is 2.39. The Labute approximate surface area is 181 Å². The molecular weight excluding hydrogens is 451 g/mol. The fourth-order valence-corrected chi connectivity index (χ4v) is 4.01. The lowest BCUT2D eigenvalue weighted by Crippen LogP contribution is -2.42. The Morgan fingerprint density at radius 3 is 2.76 bits per heavy atom. The zero-order valence-corrected chi connectivity index (χ0v) is 16.9. The third-order valence-electron chi connectivity index (χ3n) is 5.46. The molecular formula is C19H15F5N8O. The number of carbonyl (C=O) groups is 1. The Morgan fingerprint density at radius 2 is 2.06 bits per heavy atom. The zero-order valence-electron chi connectivity index (χ0n) is 16.9. The average molecular weight is 466 g/mol. The topological polar surface area (TPSA) is 97.0 Å². The summed E-state index contributed by atoms with van der Waals surface area (Å²) in [5.74, 6) is -1.84. The Kier molecular flexibility index (Phi) is 4.68. The number of pyridine rings is 1. The highest BCUT2D eigenvalue weighted by molar-refractivity contribution is 5.91. The molecule has 0 saturated heterocycles. The Morgan fingerprint density at radius 1 is 1.27 bits per heavy atom. The van der Waals surface area contributed by atoms with Gasteiger partial charge in [0.2, 0.25) is 11.6 Å². The van der Waals surface area contributed by atoms with Crippen molar-refractivity contribution >= 4 is 11.4 Å². The van der Waals surface area contributed by atoms with E-state index in [4.69, 9.17) is 0 Å². The summed E-state index contributed by atoms with van der Waals surface area (Å²) in [6, 6.07) is 2.46. The summed E-state index contributed by atoms with van der Waals surface area (Å²) >= 11 is 0. The molecule has 5 heterocycles. The van der Waals surface area contributed by atoms with Crippen LogP contribution < -0.4 is 0 Å². The molecule has 4 aromatic heterocycles. The van der Waals surface area contributed by atoms with Crippen LogP contribution in [0.15, 0.2) is 30.7 Å². The first-order valence-corrected chi connectivity index (χ1v) is 9.73. The van der Waals surface area contributed by atoms with Crippen molar-refractivity contribution in [2.24, 2.45) is 7.05 Å². The molecule has 4 aromatic rings. The summed E-state index contributed by atoms with van der Waals surface area (Å²) in [7, 11) is 1.31. The summed E-state index contributed by atoms with van der Waals surface area (Å²) in [6.07, 6.45) is -4.42. The van der Waals surface area contributed by atoms with Crippen LogP contribution in [0, 0.1) is 0 Å². The molecule has 1 N–H and O–H groups in total. The standard InChI is InChI=1S/C19H15F5N8O/c1-30-17(27-16(29-30)15(20)21)18(33)31-6-4-10-13(26-8-25-10)14(31)11-7-12-9(19(22,23)24)3-2-5-32(12)28-11/h2-3,5,7-8,14-15H,4,6H2,1H3,(H,25,26)/t14-/m0/s1. The van der Waals surface area contributed by atoms with Crippen molar-refractivity contribution in [2.75, 3.05) is 6.54 Å². The molecule has 0 fully saturated rings. The summed E-state index contributed by atoms with van der Waals surface area (Å²) < 4.78 is 68.6. The van der Waals surface area contributed by atoms with E-state index in [0.29, 0.717) is 17.8 Å². The number of imidazole rings is 1. The average Bonchev–Trinajstić information content (AvgIpc) is 3.48. The second-order valence-corrected chi connectivity index (χ2v) is 7.45. The third kappa shape index (κ3) is 3.41. The molecule has 0 bridgehead atoms. The number of aromatic amines is 1. The minimum atomic E-state index is -4.61. The number of halogens is 5. The van der Waals surface area contributed by atoms with Gasteiger partial charge in [0.15, 0.2) is 0 Å². The molecule has 14 heteroatoms. The van der Waals surface area contributed by atoms with Gasteiger partial charge in [-0.25, -0.2) is 27.9 Å². The lowest BCUT2D eigenvalue weighted by Gasteiger charge is -2.33. The third-order valence-corrected chi connectivity index (χ3v) is 5.46. The van der Waals surface area contributed by atoms with Crippen LogP contribution in [0.2, 0.25) is 0 Å². The molecule has 0 saturated carbocycles. The predicted molar refractivity (Wildman–Crippen MR) is 101 cm³/mol. The lowest BCUT2D eigenvalue weighted by molar-refractivity contribution is -0.136.